The number of halogens is 1. The minimum atomic E-state index is -0.355. The predicted molar refractivity (Wildman–Crippen MR) is 73.0 cm³/mol. The van der Waals surface area contributed by atoms with Crippen LogP contribution in [0.25, 0.3) is 0 Å². The molecule has 2 amide bonds. The minimum Gasteiger partial charge on any atom is -0.345 e. The van der Waals surface area contributed by atoms with Gasteiger partial charge >= 0.3 is 0 Å². The van der Waals surface area contributed by atoms with Gasteiger partial charge in [-0.15, -0.1) is 0 Å². The number of nitrogens with one attached hydrogen (secondary N) is 1. The van der Waals surface area contributed by atoms with Crippen LogP contribution in [-0.4, -0.2) is 39.1 Å². The molecule has 1 unspecified atom stereocenters. The first-order valence-electron chi connectivity index (χ1n) is 6.74. The van der Waals surface area contributed by atoms with Crippen molar-refractivity contribution < 1.29 is 9.59 Å². The first-order chi connectivity index (χ1) is 9.49. The normalized spacial score (nSPS) is 23.1. The van der Waals surface area contributed by atoms with E-state index < -0.39 is 0 Å². The van der Waals surface area contributed by atoms with E-state index in [1.807, 2.05) is 6.92 Å². The number of piperazine rings is 1. The Kier molecular flexibility index (Phi) is 3.20. The Morgan fingerprint density at radius 2 is 2.10 bits per heavy atom. The molecule has 2 heterocycles. The van der Waals surface area contributed by atoms with E-state index in [2.05, 4.69) is 10.4 Å². The van der Waals surface area contributed by atoms with Crippen LogP contribution in [0.1, 0.15) is 24.1 Å². The van der Waals surface area contributed by atoms with Crippen LogP contribution in [0.3, 0.4) is 0 Å². The van der Waals surface area contributed by atoms with Gasteiger partial charge in [-0.1, -0.05) is 11.6 Å². The molecule has 20 heavy (non-hydrogen) atoms. The topological polar surface area (TPSA) is 67.2 Å². The Bertz CT molecular complexity index is 579. The molecule has 0 bridgehead atoms. The average molecular weight is 297 g/mol. The van der Waals surface area contributed by atoms with Gasteiger partial charge in [0, 0.05) is 12.6 Å². The molecule has 1 saturated heterocycles. The highest BCUT2D eigenvalue weighted by molar-refractivity contribution is 6.30. The smallest absolute Gasteiger partial charge is 0.243 e. The fourth-order valence-electron chi connectivity index (χ4n) is 2.76. The fourth-order valence-corrected chi connectivity index (χ4v) is 2.99. The van der Waals surface area contributed by atoms with E-state index >= 15 is 0 Å². The van der Waals surface area contributed by atoms with Crippen molar-refractivity contribution in [2.75, 3.05) is 6.54 Å². The number of hydrogen-bond donors (Lipinski definition) is 1. The van der Waals surface area contributed by atoms with Crippen molar-refractivity contribution in [1.29, 1.82) is 0 Å². The zero-order chi connectivity index (χ0) is 14.4. The maximum Gasteiger partial charge on any atom is 0.243 e. The second-order valence-electron chi connectivity index (χ2n) is 5.50. The van der Waals surface area contributed by atoms with Crippen LogP contribution in [0.4, 0.5) is 0 Å². The summed E-state index contributed by atoms with van der Waals surface area (Å²) in [6, 6.07) is -0.355. The van der Waals surface area contributed by atoms with Crippen LogP contribution in [0, 0.1) is 12.8 Å². The Morgan fingerprint density at radius 1 is 1.40 bits per heavy atom. The zero-order valence-electron chi connectivity index (χ0n) is 11.5. The Morgan fingerprint density at radius 3 is 2.65 bits per heavy atom. The van der Waals surface area contributed by atoms with Gasteiger partial charge in [0.2, 0.25) is 11.8 Å². The number of carbonyl (C=O) groups excluding carboxylic acids is 2. The Hall–Kier alpha value is -1.56. The Labute approximate surface area is 122 Å². The molecule has 1 N–H and O–H groups in total. The molecule has 0 aromatic carbocycles. The third kappa shape index (κ3) is 2.18. The van der Waals surface area contributed by atoms with Crippen LogP contribution in [0.2, 0.25) is 5.15 Å². The predicted octanol–water partition coefficient (Wildman–Crippen LogP) is 0.619. The highest BCUT2D eigenvalue weighted by atomic mass is 35.5. The summed E-state index contributed by atoms with van der Waals surface area (Å²) in [5.74, 6) is 0.181. The summed E-state index contributed by atoms with van der Waals surface area (Å²) in [6.45, 7) is 2.28. The molecule has 6 nitrogen and oxygen atoms in total. The number of amides is 2. The lowest BCUT2D eigenvalue weighted by atomic mass is 10.1. The quantitative estimate of drug-likeness (QED) is 0.889. The van der Waals surface area contributed by atoms with Gasteiger partial charge in [0.15, 0.2) is 0 Å². The maximum atomic E-state index is 12.2. The molecule has 2 fully saturated rings. The SMILES string of the molecule is Cc1nn(C)c(Cl)c1CN1C(=O)CNC(=O)C1C1CC1. The van der Waals surface area contributed by atoms with Gasteiger partial charge in [-0.2, -0.15) is 5.10 Å². The van der Waals surface area contributed by atoms with Crippen LogP contribution < -0.4 is 5.32 Å². The number of aryl methyl sites for hydroxylation is 2. The lowest BCUT2D eigenvalue weighted by molar-refractivity contribution is -0.147. The van der Waals surface area contributed by atoms with Gasteiger partial charge < -0.3 is 10.2 Å². The van der Waals surface area contributed by atoms with E-state index in [0.29, 0.717) is 11.7 Å². The Balaban J connectivity index is 1.89. The summed E-state index contributed by atoms with van der Waals surface area (Å²) in [5, 5.41) is 7.45. The summed E-state index contributed by atoms with van der Waals surface area (Å²) in [4.78, 5) is 25.9. The second-order valence-corrected chi connectivity index (χ2v) is 5.86. The second kappa shape index (κ2) is 4.77. The number of hydrogen-bond acceptors (Lipinski definition) is 3. The lowest BCUT2D eigenvalue weighted by Crippen LogP contribution is -2.58. The summed E-state index contributed by atoms with van der Waals surface area (Å²) in [7, 11) is 1.77. The molecule has 0 radical (unpaired) electrons. The van der Waals surface area contributed by atoms with Crippen molar-refractivity contribution in [1.82, 2.24) is 20.0 Å². The molecular formula is C13H17ClN4O2. The van der Waals surface area contributed by atoms with Crippen LogP contribution >= 0.6 is 11.6 Å². The van der Waals surface area contributed by atoms with E-state index in [1.54, 1.807) is 16.6 Å². The number of aromatic nitrogens is 2. The average Bonchev–Trinajstić information content (AvgIpc) is 3.19. The third-order valence-corrected chi connectivity index (χ3v) is 4.48. The summed E-state index contributed by atoms with van der Waals surface area (Å²) >= 11 is 6.22. The van der Waals surface area contributed by atoms with Crippen LogP contribution in [0.15, 0.2) is 0 Å². The van der Waals surface area contributed by atoms with Crippen molar-refractivity contribution in [3.8, 4) is 0 Å². The van der Waals surface area contributed by atoms with Crippen molar-refractivity contribution >= 4 is 23.4 Å². The summed E-state index contributed by atoms with van der Waals surface area (Å²) in [5.41, 5.74) is 1.62. The summed E-state index contributed by atoms with van der Waals surface area (Å²) in [6.07, 6.45) is 2.00. The first-order valence-corrected chi connectivity index (χ1v) is 7.12. The first kappa shape index (κ1) is 13.4. The molecule has 1 atom stereocenters. The minimum absolute atomic E-state index is 0.0511. The standard InChI is InChI=1S/C13H17ClN4O2/c1-7-9(12(14)17(2)16-7)6-18-10(19)5-15-13(20)11(18)8-3-4-8/h8,11H,3-6H2,1-2H3,(H,15,20). The third-order valence-electron chi connectivity index (χ3n) is 4.01. The molecule has 7 heteroatoms. The molecular weight excluding hydrogens is 280 g/mol. The zero-order valence-corrected chi connectivity index (χ0v) is 12.3. The van der Waals surface area contributed by atoms with E-state index in [-0.39, 0.29) is 30.3 Å². The van der Waals surface area contributed by atoms with Crippen LogP contribution in [-0.2, 0) is 23.2 Å². The van der Waals surface area contributed by atoms with E-state index in [0.717, 1.165) is 24.1 Å². The number of carbonyl (C=O) groups is 2. The van der Waals surface area contributed by atoms with Gasteiger partial charge in [-0.3, -0.25) is 14.3 Å². The van der Waals surface area contributed by atoms with Crippen LogP contribution in [0.5, 0.6) is 0 Å². The number of nitrogens with zero attached hydrogens (tertiary/aromatic N) is 3. The van der Waals surface area contributed by atoms with Gasteiger partial charge in [0.1, 0.15) is 11.2 Å². The van der Waals surface area contributed by atoms with Crippen molar-refractivity contribution in [3.05, 3.63) is 16.4 Å². The molecule has 1 aliphatic heterocycles. The molecule has 3 rings (SSSR count). The largest absolute Gasteiger partial charge is 0.345 e. The molecule has 1 aromatic rings. The van der Waals surface area contributed by atoms with E-state index in [9.17, 15) is 9.59 Å². The van der Waals surface area contributed by atoms with Crippen molar-refractivity contribution in [2.45, 2.75) is 32.4 Å². The van der Waals surface area contributed by atoms with E-state index in [1.165, 1.54) is 0 Å². The highest BCUT2D eigenvalue weighted by Gasteiger charge is 2.44. The van der Waals surface area contributed by atoms with Gasteiger partial charge in [-0.05, 0) is 25.7 Å². The summed E-state index contributed by atoms with van der Waals surface area (Å²) < 4.78 is 1.59. The monoisotopic (exact) mass is 296 g/mol. The van der Waals surface area contributed by atoms with Gasteiger partial charge in [0.05, 0.1) is 18.8 Å². The molecule has 108 valence electrons. The maximum absolute atomic E-state index is 12.2. The number of rotatable bonds is 3. The van der Waals surface area contributed by atoms with Gasteiger partial charge in [0.25, 0.3) is 0 Å². The van der Waals surface area contributed by atoms with Crippen molar-refractivity contribution in [2.24, 2.45) is 13.0 Å². The molecule has 1 aromatic heterocycles. The fraction of sp³-hybridized carbons (Fsp3) is 0.615. The lowest BCUT2D eigenvalue weighted by Gasteiger charge is -2.35. The van der Waals surface area contributed by atoms with Gasteiger partial charge in [-0.25, -0.2) is 0 Å². The van der Waals surface area contributed by atoms with Crippen molar-refractivity contribution in [3.63, 3.8) is 0 Å². The molecule has 0 spiro atoms. The van der Waals surface area contributed by atoms with E-state index in [4.69, 9.17) is 11.6 Å². The highest BCUT2D eigenvalue weighted by Crippen LogP contribution is 2.37. The molecule has 1 saturated carbocycles. The molecule has 2 aliphatic rings. The molecule has 1 aliphatic carbocycles.